The monoisotopic (exact) mass is 278 g/mol. The fourth-order valence-electron chi connectivity index (χ4n) is 2.18. The Morgan fingerprint density at radius 2 is 1.76 bits per heavy atom. The van der Waals surface area contributed by atoms with Gasteiger partial charge in [-0.3, -0.25) is 9.36 Å². The van der Waals surface area contributed by atoms with Gasteiger partial charge in [-0.25, -0.2) is 4.98 Å². The standard InChI is InChI=1S/C17H14N2O2/c1-19-16(11-10-12-6-2-5-9-15(12)20)18-14-8-4-3-7-13(14)17(19)21/h2-11,20H,1H3. The first-order chi connectivity index (χ1) is 10.2. The van der Waals surface area contributed by atoms with Crippen LogP contribution in [-0.4, -0.2) is 14.7 Å². The molecule has 3 rings (SSSR count). The van der Waals surface area contributed by atoms with Gasteiger partial charge in [0.25, 0.3) is 5.56 Å². The lowest BCUT2D eigenvalue weighted by molar-refractivity contribution is 0.474. The van der Waals surface area contributed by atoms with Crippen molar-refractivity contribution in [2.75, 3.05) is 0 Å². The average molecular weight is 278 g/mol. The molecule has 2 aromatic carbocycles. The van der Waals surface area contributed by atoms with Crippen LogP contribution < -0.4 is 5.56 Å². The number of fused-ring (bicyclic) bond motifs is 1. The van der Waals surface area contributed by atoms with E-state index in [9.17, 15) is 9.90 Å². The normalized spacial score (nSPS) is 11.3. The first-order valence-corrected chi connectivity index (χ1v) is 6.58. The summed E-state index contributed by atoms with van der Waals surface area (Å²) in [6, 6.07) is 14.3. The lowest BCUT2D eigenvalue weighted by Crippen LogP contribution is -2.20. The Balaban J connectivity index is 2.11. The van der Waals surface area contributed by atoms with Gasteiger partial charge in [0.15, 0.2) is 0 Å². The van der Waals surface area contributed by atoms with Crippen LogP contribution in [0.1, 0.15) is 11.4 Å². The maximum Gasteiger partial charge on any atom is 0.261 e. The van der Waals surface area contributed by atoms with Gasteiger partial charge in [0.2, 0.25) is 0 Å². The summed E-state index contributed by atoms with van der Waals surface area (Å²) in [4.78, 5) is 16.7. The predicted molar refractivity (Wildman–Crippen MR) is 84.0 cm³/mol. The quantitative estimate of drug-likeness (QED) is 0.784. The van der Waals surface area contributed by atoms with Gasteiger partial charge in [-0.2, -0.15) is 0 Å². The van der Waals surface area contributed by atoms with Crippen LogP contribution >= 0.6 is 0 Å². The summed E-state index contributed by atoms with van der Waals surface area (Å²) in [5.74, 6) is 0.737. The Kier molecular flexibility index (Phi) is 3.28. The minimum absolute atomic E-state index is 0.0856. The molecule has 0 atom stereocenters. The topological polar surface area (TPSA) is 55.1 Å². The Morgan fingerprint density at radius 3 is 2.57 bits per heavy atom. The van der Waals surface area contributed by atoms with Crippen molar-refractivity contribution in [1.29, 1.82) is 0 Å². The molecule has 0 saturated carbocycles. The van der Waals surface area contributed by atoms with Gasteiger partial charge in [0.1, 0.15) is 11.6 Å². The number of hydrogen-bond acceptors (Lipinski definition) is 3. The second-order valence-electron chi connectivity index (χ2n) is 4.74. The minimum Gasteiger partial charge on any atom is -0.507 e. The number of rotatable bonds is 2. The van der Waals surface area contributed by atoms with E-state index in [1.54, 1.807) is 43.5 Å². The maximum absolute atomic E-state index is 12.3. The first-order valence-electron chi connectivity index (χ1n) is 6.58. The van der Waals surface area contributed by atoms with Crippen molar-refractivity contribution in [1.82, 2.24) is 9.55 Å². The Morgan fingerprint density at radius 1 is 1.05 bits per heavy atom. The number of phenolic OH excluding ortho intramolecular Hbond substituents is 1. The summed E-state index contributed by atoms with van der Waals surface area (Å²) in [6.07, 6.45) is 3.47. The van der Waals surface area contributed by atoms with Crippen molar-refractivity contribution in [2.24, 2.45) is 7.05 Å². The number of nitrogens with zero attached hydrogens (tertiary/aromatic N) is 2. The van der Waals surface area contributed by atoms with Crippen LogP contribution in [0.3, 0.4) is 0 Å². The minimum atomic E-state index is -0.0856. The van der Waals surface area contributed by atoms with Crippen molar-refractivity contribution >= 4 is 23.1 Å². The summed E-state index contributed by atoms with van der Waals surface area (Å²) in [5.41, 5.74) is 1.26. The smallest absolute Gasteiger partial charge is 0.261 e. The molecule has 0 amide bonds. The average Bonchev–Trinajstić information content (AvgIpc) is 2.51. The second kappa shape index (κ2) is 5.25. The van der Waals surface area contributed by atoms with Crippen LogP contribution in [0, 0.1) is 0 Å². The second-order valence-corrected chi connectivity index (χ2v) is 4.74. The highest BCUT2D eigenvalue weighted by atomic mass is 16.3. The van der Waals surface area contributed by atoms with E-state index >= 15 is 0 Å². The molecule has 0 aliphatic rings. The van der Waals surface area contributed by atoms with E-state index in [2.05, 4.69) is 4.98 Å². The fourth-order valence-corrected chi connectivity index (χ4v) is 2.18. The number of aromatic nitrogens is 2. The SMILES string of the molecule is Cn1c(C=Cc2ccccc2O)nc2ccccc2c1=O. The number of hydrogen-bond donors (Lipinski definition) is 1. The van der Waals surface area contributed by atoms with E-state index in [-0.39, 0.29) is 11.3 Å². The molecule has 104 valence electrons. The molecule has 0 spiro atoms. The lowest BCUT2D eigenvalue weighted by Gasteiger charge is -2.05. The van der Waals surface area contributed by atoms with E-state index in [4.69, 9.17) is 0 Å². The Labute approximate surface area is 121 Å². The first kappa shape index (κ1) is 13.1. The molecule has 0 radical (unpaired) electrons. The van der Waals surface area contributed by atoms with Crippen LogP contribution in [0.4, 0.5) is 0 Å². The third-order valence-electron chi connectivity index (χ3n) is 3.37. The summed E-state index contributed by atoms with van der Waals surface area (Å²) in [6.45, 7) is 0. The van der Waals surface area contributed by atoms with Crippen LogP contribution in [0.2, 0.25) is 0 Å². The highest BCUT2D eigenvalue weighted by molar-refractivity contribution is 5.79. The van der Waals surface area contributed by atoms with E-state index in [1.807, 2.05) is 24.3 Å². The molecule has 0 aliphatic heterocycles. The van der Waals surface area contributed by atoms with Crippen molar-refractivity contribution in [2.45, 2.75) is 0 Å². The van der Waals surface area contributed by atoms with Crippen LogP contribution in [-0.2, 0) is 7.05 Å². The molecule has 1 N–H and O–H groups in total. The molecule has 3 aromatic rings. The number of para-hydroxylation sites is 2. The molecule has 0 saturated heterocycles. The van der Waals surface area contributed by atoms with E-state index in [1.165, 1.54) is 4.57 Å². The molecule has 1 heterocycles. The molecule has 0 aliphatic carbocycles. The van der Waals surface area contributed by atoms with E-state index in [0.29, 0.717) is 22.3 Å². The van der Waals surface area contributed by atoms with Crippen LogP contribution in [0.25, 0.3) is 23.1 Å². The molecule has 0 fully saturated rings. The number of phenols is 1. The van der Waals surface area contributed by atoms with Crippen LogP contribution in [0.5, 0.6) is 5.75 Å². The summed E-state index contributed by atoms with van der Waals surface area (Å²) < 4.78 is 1.50. The molecule has 4 heteroatoms. The molecular weight excluding hydrogens is 264 g/mol. The van der Waals surface area contributed by atoms with Gasteiger partial charge in [-0.05, 0) is 30.4 Å². The largest absolute Gasteiger partial charge is 0.507 e. The fraction of sp³-hybridized carbons (Fsp3) is 0.0588. The van der Waals surface area contributed by atoms with Crippen LogP contribution in [0.15, 0.2) is 53.3 Å². The number of benzene rings is 2. The van der Waals surface area contributed by atoms with E-state index in [0.717, 1.165) is 0 Å². The van der Waals surface area contributed by atoms with Crippen molar-refractivity contribution < 1.29 is 5.11 Å². The third-order valence-corrected chi connectivity index (χ3v) is 3.37. The molecule has 4 nitrogen and oxygen atoms in total. The highest BCUT2D eigenvalue weighted by Crippen LogP contribution is 2.18. The molecule has 21 heavy (non-hydrogen) atoms. The maximum atomic E-state index is 12.3. The Bertz CT molecular complexity index is 895. The third kappa shape index (κ3) is 2.43. The molecule has 1 aromatic heterocycles. The summed E-state index contributed by atoms with van der Waals surface area (Å²) in [5, 5.41) is 10.3. The van der Waals surface area contributed by atoms with Gasteiger partial charge < -0.3 is 5.11 Å². The Hall–Kier alpha value is -2.88. The summed E-state index contributed by atoms with van der Waals surface area (Å²) in [7, 11) is 1.69. The molecule has 0 bridgehead atoms. The van der Waals surface area contributed by atoms with Crippen molar-refractivity contribution in [3.05, 3.63) is 70.3 Å². The highest BCUT2D eigenvalue weighted by Gasteiger charge is 2.05. The predicted octanol–water partition coefficient (Wildman–Crippen LogP) is 2.81. The van der Waals surface area contributed by atoms with Gasteiger partial charge in [-0.1, -0.05) is 30.3 Å². The van der Waals surface area contributed by atoms with Gasteiger partial charge in [0.05, 0.1) is 10.9 Å². The lowest BCUT2D eigenvalue weighted by atomic mass is 10.2. The molecule has 0 unspecified atom stereocenters. The van der Waals surface area contributed by atoms with Crippen molar-refractivity contribution in [3.8, 4) is 5.75 Å². The zero-order valence-corrected chi connectivity index (χ0v) is 11.5. The zero-order valence-electron chi connectivity index (χ0n) is 11.5. The van der Waals surface area contributed by atoms with E-state index < -0.39 is 0 Å². The summed E-state index contributed by atoms with van der Waals surface area (Å²) >= 11 is 0. The van der Waals surface area contributed by atoms with Gasteiger partial charge >= 0.3 is 0 Å². The zero-order chi connectivity index (χ0) is 14.8. The van der Waals surface area contributed by atoms with Gasteiger partial charge in [0, 0.05) is 12.6 Å². The van der Waals surface area contributed by atoms with Crippen molar-refractivity contribution in [3.63, 3.8) is 0 Å². The van der Waals surface area contributed by atoms with Gasteiger partial charge in [-0.15, -0.1) is 0 Å². The number of aromatic hydroxyl groups is 1. The molecular formula is C17H14N2O2.